The van der Waals surface area contributed by atoms with Crippen molar-refractivity contribution in [3.63, 3.8) is 0 Å². The van der Waals surface area contributed by atoms with Gasteiger partial charge in [-0.1, -0.05) is 18.2 Å². The number of nitrogens with one attached hydrogen (secondary N) is 1. The van der Waals surface area contributed by atoms with E-state index in [-0.39, 0.29) is 6.10 Å². The van der Waals surface area contributed by atoms with Crippen LogP contribution >= 0.6 is 0 Å². The Hall–Kier alpha value is -1.69. The number of ether oxygens (including phenoxy) is 1. The molecule has 0 amide bonds. The van der Waals surface area contributed by atoms with Crippen LogP contribution in [-0.2, 0) is 11.3 Å². The van der Waals surface area contributed by atoms with Crippen LogP contribution in [0.1, 0.15) is 17.0 Å². The molecule has 3 rings (SSSR count). The number of morpholine rings is 1. The number of para-hydroxylation sites is 1. The van der Waals surface area contributed by atoms with E-state index in [2.05, 4.69) is 43.2 Å². The summed E-state index contributed by atoms with van der Waals surface area (Å²) in [5.41, 5.74) is 4.66. The Bertz CT molecular complexity index is 638. The highest BCUT2D eigenvalue weighted by atomic mass is 16.5. The van der Waals surface area contributed by atoms with Crippen LogP contribution in [0.4, 0.5) is 0 Å². The predicted molar refractivity (Wildman–Crippen MR) is 92.0 cm³/mol. The third-order valence-electron chi connectivity index (χ3n) is 4.46. The molecule has 1 aliphatic rings. The van der Waals surface area contributed by atoms with Crippen molar-refractivity contribution in [2.45, 2.75) is 26.5 Å². The van der Waals surface area contributed by atoms with Crippen molar-refractivity contribution < 1.29 is 4.74 Å². The van der Waals surface area contributed by atoms with Gasteiger partial charge in [-0.3, -0.25) is 0 Å². The Morgan fingerprint density at radius 2 is 2.04 bits per heavy atom. The highest BCUT2D eigenvalue weighted by molar-refractivity contribution is 5.36. The van der Waals surface area contributed by atoms with Gasteiger partial charge in [-0.2, -0.15) is 5.10 Å². The van der Waals surface area contributed by atoms with Crippen molar-refractivity contribution in [3.8, 4) is 5.69 Å². The molecule has 1 saturated heterocycles. The number of hydrogen-bond acceptors (Lipinski definition) is 4. The van der Waals surface area contributed by atoms with Crippen molar-refractivity contribution in [2.75, 3.05) is 33.3 Å². The van der Waals surface area contributed by atoms with Gasteiger partial charge in [0.05, 0.1) is 24.1 Å². The number of rotatable bonds is 5. The summed E-state index contributed by atoms with van der Waals surface area (Å²) in [7, 11) is 2.15. The second-order valence-corrected chi connectivity index (χ2v) is 6.28. The predicted octanol–water partition coefficient (Wildman–Crippen LogP) is 1.91. The fraction of sp³-hybridized carbons (Fsp3) is 0.500. The molecule has 23 heavy (non-hydrogen) atoms. The number of benzene rings is 1. The summed E-state index contributed by atoms with van der Waals surface area (Å²) in [6.07, 6.45) is 0.276. The van der Waals surface area contributed by atoms with E-state index in [0.29, 0.717) is 0 Å². The first-order valence-electron chi connectivity index (χ1n) is 8.26. The Labute approximate surface area is 138 Å². The molecule has 0 unspecified atom stereocenters. The molecular weight excluding hydrogens is 288 g/mol. The molecule has 1 atom stereocenters. The van der Waals surface area contributed by atoms with Crippen LogP contribution in [0, 0.1) is 13.8 Å². The smallest absolute Gasteiger partial charge is 0.0826 e. The molecule has 1 N–H and O–H groups in total. The standard InChI is InChI=1S/C18H26N4O/c1-14-18(12-19-11-17-13-21(3)9-10-23-17)15(2)22(20-14)16-7-5-4-6-8-16/h4-8,17,19H,9-13H2,1-3H3/t17-/m1/s1. The lowest BCUT2D eigenvalue weighted by molar-refractivity contribution is -0.0182. The lowest BCUT2D eigenvalue weighted by Gasteiger charge is -2.30. The number of aryl methyl sites for hydroxylation is 1. The van der Waals surface area contributed by atoms with E-state index < -0.39 is 0 Å². The highest BCUT2D eigenvalue weighted by Crippen LogP contribution is 2.17. The van der Waals surface area contributed by atoms with Crippen molar-refractivity contribution in [1.29, 1.82) is 0 Å². The molecule has 2 heterocycles. The SMILES string of the molecule is Cc1nn(-c2ccccc2)c(C)c1CNC[C@@H]1CN(C)CCO1. The zero-order valence-corrected chi connectivity index (χ0v) is 14.2. The fourth-order valence-corrected chi connectivity index (χ4v) is 3.10. The molecule has 0 spiro atoms. The fourth-order valence-electron chi connectivity index (χ4n) is 3.10. The van der Waals surface area contributed by atoms with E-state index in [9.17, 15) is 0 Å². The Balaban J connectivity index is 1.63. The summed E-state index contributed by atoms with van der Waals surface area (Å²) in [4.78, 5) is 2.32. The van der Waals surface area contributed by atoms with Crippen LogP contribution in [-0.4, -0.2) is 54.1 Å². The largest absolute Gasteiger partial charge is 0.374 e. The van der Waals surface area contributed by atoms with Gasteiger partial charge in [0.2, 0.25) is 0 Å². The second kappa shape index (κ2) is 7.25. The summed E-state index contributed by atoms with van der Waals surface area (Å²) >= 11 is 0. The molecule has 0 bridgehead atoms. The zero-order valence-electron chi connectivity index (χ0n) is 14.2. The highest BCUT2D eigenvalue weighted by Gasteiger charge is 2.18. The average Bonchev–Trinajstić information content (AvgIpc) is 2.84. The van der Waals surface area contributed by atoms with Crippen LogP contribution in [0.15, 0.2) is 30.3 Å². The Morgan fingerprint density at radius 3 is 2.78 bits per heavy atom. The lowest BCUT2D eigenvalue weighted by atomic mass is 10.2. The number of nitrogens with zero attached hydrogens (tertiary/aromatic N) is 3. The normalized spacial score (nSPS) is 19.2. The average molecular weight is 314 g/mol. The molecule has 0 saturated carbocycles. The summed E-state index contributed by atoms with van der Waals surface area (Å²) in [5.74, 6) is 0. The summed E-state index contributed by atoms with van der Waals surface area (Å²) in [6.45, 7) is 8.76. The van der Waals surface area contributed by atoms with Crippen molar-refractivity contribution in [3.05, 3.63) is 47.3 Å². The molecule has 1 aliphatic heterocycles. The molecule has 1 aromatic carbocycles. The maximum atomic E-state index is 5.80. The number of hydrogen-bond donors (Lipinski definition) is 1. The molecule has 2 aromatic rings. The summed E-state index contributed by atoms with van der Waals surface area (Å²) in [5, 5.41) is 8.23. The lowest BCUT2D eigenvalue weighted by Crippen LogP contribution is -2.44. The summed E-state index contributed by atoms with van der Waals surface area (Å²) < 4.78 is 7.82. The van der Waals surface area contributed by atoms with Crippen molar-refractivity contribution in [2.24, 2.45) is 0 Å². The van der Waals surface area contributed by atoms with Gasteiger partial charge in [0, 0.05) is 37.4 Å². The van der Waals surface area contributed by atoms with Gasteiger partial charge < -0.3 is 15.0 Å². The zero-order chi connectivity index (χ0) is 16.2. The maximum absolute atomic E-state index is 5.80. The Kier molecular flexibility index (Phi) is 5.10. The number of likely N-dealkylation sites (N-methyl/N-ethyl adjacent to an activating group) is 1. The van der Waals surface area contributed by atoms with Crippen LogP contribution < -0.4 is 5.32 Å². The molecular formula is C18H26N4O. The van der Waals surface area contributed by atoms with Gasteiger partial charge in [0.1, 0.15) is 0 Å². The van der Waals surface area contributed by atoms with Gasteiger partial charge in [-0.05, 0) is 33.0 Å². The van der Waals surface area contributed by atoms with Crippen molar-refractivity contribution >= 4 is 0 Å². The molecule has 5 nitrogen and oxygen atoms in total. The third kappa shape index (κ3) is 3.80. The maximum Gasteiger partial charge on any atom is 0.0826 e. The first-order valence-corrected chi connectivity index (χ1v) is 8.26. The van der Waals surface area contributed by atoms with Crippen LogP contribution in [0.2, 0.25) is 0 Å². The second-order valence-electron chi connectivity index (χ2n) is 6.28. The molecule has 124 valence electrons. The minimum atomic E-state index is 0.276. The molecule has 5 heteroatoms. The van der Waals surface area contributed by atoms with E-state index in [1.165, 1.54) is 11.3 Å². The first-order chi connectivity index (χ1) is 11.1. The Morgan fingerprint density at radius 1 is 1.26 bits per heavy atom. The van der Waals surface area contributed by atoms with E-state index in [0.717, 1.165) is 44.2 Å². The van der Waals surface area contributed by atoms with E-state index in [1.54, 1.807) is 0 Å². The minimum Gasteiger partial charge on any atom is -0.374 e. The topological polar surface area (TPSA) is 42.3 Å². The molecule has 1 aromatic heterocycles. The third-order valence-corrected chi connectivity index (χ3v) is 4.46. The molecule has 1 fully saturated rings. The van der Waals surface area contributed by atoms with E-state index >= 15 is 0 Å². The van der Waals surface area contributed by atoms with Crippen molar-refractivity contribution in [1.82, 2.24) is 20.0 Å². The van der Waals surface area contributed by atoms with Crippen LogP contribution in [0.5, 0.6) is 0 Å². The molecule has 0 radical (unpaired) electrons. The molecule has 0 aliphatic carbocycles. The summed E-state index contributed by atoms with van der Waals surface area (Å²) in [6, 6.07) is 10.3. The monoisotopic (exact) mass is 314 g/mol. The minimum absolute atomic E-state index is 0.276. The van der Waals surface area contributed by atoms with E-state index in [1.807, 2.05) is 22.9 Å². The van der Waals surface area contributed by atoms with Gasteiger partial charge in [-0.25, -0.2) is 4.68 Å². The van der Waals surface area contributed by atoms with Gasteiger partial charge in [-0.15, -0.1) is 0 Å². The quantitative estimate of drug-likeness (QED) is 0.915. The first kappa shape index (κ1) is 16.2. The van der Waals surface area contributed by atoms with Gasteiger partial charge >= 0.3 is 0 Å². The van der Waals surface area contributed by atoms with Crippen LogP contribution in [0.3, 0.4) is 0 Å². The van der Waals surface area contributed by atoms with E-state index in [4.69, 9.17) is 9.84 Å². The van der Waals surface area contributed by atoms with Crippen LogP contribution in [0.25, 0.3) is 5.69 Å². The number of aromatic nitrogens is 2. The van der Waals surface area contributed by atoms with Gasteiger partial charge in [0.15, 0.2) is 0 Å². The van der Waals surface area contributed by atoms with Gasteiger partial charge in [0.25, 0.3) is 0 Å².